The van der Waals surface area contributed by atoms with E-state index >= 15 is 0 Å². The molecule has 0 spiro atoms. The molecule has 0 heterocycles. The molecule has 0 rings (SSSR count). The third-order valence-electron chi connectivity index (χ3n) is 4.58. The van der Waals surface area contributed by atoms with E-state index < -0.39 is 0 Å². The maximum absolute atomic E-state index is 12.3. The van der Waals surface area contributed by atoms with Crippen molar-refractivity contribution in [3.8, 4) is 0 Å². The summed E-state index contributed by atoms with van der Waals surface area (Å²) in [6, 6.07) is 0.314. The number of rotatable bonds is 15. The lowest BCUT2D eigenvalue weighted by atomic mass is 10.1. The van der Waals surface area contributed by atoms with Gasteiger partial charge in [0, 0.05) is 25.6 Å². The molecule has 0 fully saturated rings. The highest BCUT2D eigenvalue weighted by Crippen LogP contribution is 2.11. The normalized spacial score (nSPS) is 12.6. The van der Waals surface area contributed by atoms with Gasteiger partial charge in [0.25, 0.3) is 0 Å². The van der Waals surface area contributed by atoms with Crippen LogP contribution in [0.2, 0.25) is 0 Å². The van der Waals surface area contributed by atoms with Crippen LogP contribution in [-0.2, 0) is 4.79 Å². The lowest BCUT2D eigenvalue weighted by Gasteiger charge is -2.28. The van der Waals surface area contributed by atoms with Crippen molar-refractivity contribution >= 4 is 5.91 Å². The van der Waals surface area contributed by atoms with E-state index in [9.17, 15) is 4.79 Å². The van der Waals surface area contributed by atoms with Crippen molar-refractivity contribution in [2.75, 3.05) is 33.8 Å². The number of hydrogen-bond acceptors (Lipinski definition) is 3. The molecule has 0 aromatic heterocycles. The lowest BCUT2D eigenvalue weighted by molar-refractivity contribution is -0.132. The number of nitrogens with zero attached hydrogens (tertiary/aromatic N) is 2. The van der Waals surface area contributed by atoms with E-state index in [2.05, 4.69) is 18.7 Å². The van der Waals surface area contributed by atoms with Gasteiger partial charge in [-0.1, -0.05) is 58.3 Å². The van der Waals surface area contributed by atoms with Crippen LogP contribution in [0.3, 0.4) is 0 Å². The predicted octanol–water partition coefficient (Wildman–Crippen LogP) is 3.68. The molecule has 0 radical (unpaired) electrons. The van der Waals surface area contributed by atoms with Gasteiger partial charge in [-0.15, -0.1) is 0 Å². The van der Waals surface area contributed by atoms with Crippen molar-refractivity contribution in [3.63, 3.8) is 0 Å². The van der Waals surface area contributed by atoms with Gasteiger partial charge in [-0.05, 0) is 27.4 Å². The first-order valence-electron chi connectivity index (χ1n) is 9.58. The van der Waals surface area contributed by atoms with Crippen LogP contribution in [0.4, 0.5) is 0 Å². The number of aliphatic hydroxyl groups excluding tert-OH is 1. The molecule has 0 aromatic rings. The summed E-state index contributed by atoms with van der Waals surface area (Å²) in [7, 11) is 4.04. The second-order valence-electron chi connectivity index (χ2n) is 6.95. The number of carbonyl (C=O) groups is 1. The maximum Gasteiger partial charge on any atom is 0.222 e. The monoisotopic (exact) mass is 328 g/mol. The van der Waals surface area contributed by atoms with Crippen LogP contribution in [-0.4, -0.2) is 60.6 Å². The Morgan fingerprint density at radius 1 is 0.957 bits per heavy atom. The molecule has 1 unspecified atom stereocenters. The fourth-order valence-corrected chi connectivity index (χ4v) is 2.67. The summed E-state index contributed by atoms with van der Waals surface area (Å²) in [5.74, 6) is 0.190. The highest BCUT2D eigenvalue weighted by atomic mass is 16.3. The van der Waals surface area contributed by atoms with Crippen LogP contribution in [0, 0.1) is 0 Å². The summed E-state index contributed by atoms with van der Waals surface area (Å²) in [5.41, 5.74) is 0. The zero-order valence-electron chi connectivity index (χ0n) is 16.0. The molecule has 1 atom stereocenters. The second-order valence-corrected chi connectivity index (χ2v) is 6.95. The molecule has 0 bridgehead atoms. The number of carbonyl (C=O) groups excluding carboxylic acids is 1. The molecule has 0 aliphatic heterocycles. The van der Waals surface area contributed by atoms with E-state index in [-0.39, 0.29) is 12.5 Å². The Hall–Kier alpha value is -0.610. The first-order valence-corrected chi connectivity index (χ1v) is 9.58. The molecule has 0 aromatic carbocycles. The molecule has 4 heteroatoms. The molecule has 4 nitrogen and oxygen atoms in total. The quantitative estimate of drug-likeness (QED) is 0.466. The third kappa shape index (κ3) is 12.5. The summed E-state index contributed by atoms with van der Waals surface area (Å²) >= 11 is 0. The molecule has 138 valence electrons. The Labute approximate surface area is 144 Å². The standard InChI is InChI=1S/C19H40N2O2/c1-5-6-7-8-9-10-11-12-13-14-19(23)21(15-16-22)17-18(2)20(3)4/h18,22H,5-17H2,1-4H3. The Kier molecular flexibility index (Phi) is 14.6. The minimum Gasteiger partial charge on any atom is -0.395 e. The summed E-state index contributed by atoms with van der Waals surface area (Å²) in [4.78, 5) is 16.2. The zero-order valence-corrected chi connectivity index (χ0v) is 16.0. The lowest BCUT2D eigenvalue weighted by Crippen LogP contribution is -2.43. The average molecular weight is 329 g/mol. The number of amides is 1. The van der Waals surface area contributed by atoms with Crippen LogP contribution in [0.25, 0.3) is 0 Å². The largest absolute Gasteiger partial charge is 0.395 e. The van der Waals surface area contributed by atoms with E-state index in [0.717, 1.165) is 12.8 Å². The first-order chi connectivity index (χ1) is 11.0. The first kappa shape index (κ1) is 22.4. The Morgan fingerprint density at radius 2 is 1.48 bits per heavy atom. The molecule has 0 saturated carbocycles. The fourth-order valence-electron chi connectivity index (χ4n) is 2.67. The fraction of sp³-hybridized carbons (Fsp3) is 0.947. The second kappa shape index (κ2) is 14.9. The smallest absolute Gasteiger partial charge is 0.222 e. The van der Waals surface area contributed by atoms with E-state index in [0.29, 0.717) is 25.6 Å². The maximum atomic E-state index is 12.3. The van der Waals surface area contributed by atoms with Gasteiger partial charge in [0.1, 0.15) is 0 Å². The molecule has 1 N–H and O–H groups in total. The van der Waals surface area contributed by atoms with E-state index in [1.807, 2.05) is 19.0 Å². The zero-order chi connectivity index (χ0) is 17.5. The van der Waals surface area contributed by atoms with Crippen molar-refractivity contribution in [2.24, 2.45) is 0 Å². The molecule has 0 aliphatic rings. The third-order valence-corrected chi connectivity index (χ3v) is 4.58. The van der Waals surface area contributed by atoms with Gasteiger partial charge in [0.2, 0.25) is 5.91 Å². The van der Waals surface area contributed by atoms with Gasteiger partial charge in [-0.25, -0.2) is 0 Å². The molecule has 1 amide bonds. The van der Waals surface area contributed by atoms with E-state index in [1.54, 1.807) is 0 Å². The van der Waals surface area contributed by atoms with Crippen LogP contribution < -0.4 is 0 Å². The van der Waals surface area contributed by atoms with Gasteiger partial charge >= 0.3 is 0 Å². The summed E-state index contributed by atoms with van der Waals surface area (Å²) in [6.07, 6.45) is 12.0. The average Bonchev–Trinajstić information content (AvgIpc) is 2.52. The number of unbranched alkanes of at least 4 members (excludes halogenated alkanes) is 8. The molecule has 0 saturated heterocycles. The molecule has 23 heavy (non-hydrogen) atoms. The minimum absolute atomic E-state index is 0.0453. The van der Waals surface area contributed by atoms with E-state index in [4.69, 9.17) is 5.11 Å². The highest BCUT2D eigenvalue weighted by molar-refractivity contribution is 5.76. The van der Waals surface area contributed by atoms with Crippen LogP contribution in [0.1, 0.15) is 78.1 Å². The van der Waals surface area contributed by atoms with Gasteiger partial charge in [-0.2, -0.15) is 0 Å². The Bertz CT molecular complexity index is 283. The van der Waals surface area contributed by atoms with Gasteiger partial charge in [0.05, 0.1) is 6.61 Å². The van der Waals surface area contributed by atoms with Crippen molar-refractivity contribution in [1.29, 1.82) is 0 Å². The topological polar surface area (TPSA) is 43.8 Å². The highest BCUT2D eigenvalue weighted by Gasteiger charge is 2.16. The summed E-state index contributed by atoms with van der Waals surface area (Å²) in [5, 5.41) is 9.16. The number of aliphatic hydroxyl groups is 1. The molecule has 0 aliphatic carbocycles. The van der Waals surface area contributed by atoms with E-state index in [1.165, 1.54) is 44.9 Å². The van der Waals surface area contributed by atoms with Crippen molar-refractivity contribution in [1.82, 2.24) is 9.80 Å². The summed E-state index contributed by atoms with van der Waals surface area (Å²) < 4.78 is 0. The van der Waals surface area contributed by atoms with Crippen LogP contribution in [0.5, 0.6) is 0 Å². The van der Waals surface area contributed by atoms with Crippen molar-refractivity contribution in [3.05, 3.63) is 0 Å². The van der Waals surface area contributed by atoms with Crippen LogP contribution >= 0.6 is 0 Å². The van der Waals surface area contributed by atoms with Crippen LogP contribution in [0.15, 0.2) is 0 Å². The minimum atomic E-state index is 0.0453. The number of hydrogen-bond donors (Lipinski definition) is 1. The van der Waals surface area contributed by atoms with Gasteiger partial charge in [-0.3, -0.25) is 4.79 Å². The SMILES string of the molecule is CCCCCCCCCCCC(=O)N(CCO)CC(C)N(C)C. The predicted molar refractivity (Wildman–Crippen MR) is 98.7 cm³/mol. The van der Waals surface area contributed by atoms with Crippen molar-refractivity contribution < 1.29 is 9.90 Å². The number of likely N-dealkylation sites (N-methyl/N-ethyl adjacent to an activating group) is 1. The van der Waals surface area contributed by atoms with Gasteiger partial charge < -0.3 is 14.9 Å². The summed E-state index contributed by atoms with van der Waals surface area (Å²) in [6.45, 7) is 5.55. The van der Waals surface area contributed by atoms with Crippen molar-refractivity contribution in [2.45, 2.75) is 84.1 Å². The molecular weight excluding hydrogens is 288 g/mol. The van der Waals surface area contributed by atoms with Gasteiger partial charge in [0.15, 0.2) is 0 Å². The molecular formula is C19H40N2O2. The Balaban J connectivity index is 3.78. The Morgan fingerprint density at radius 3 is 1.96 bits per heavy atom.